The molecular formula is C8H11NO4S. The third-order valence-electron chi connectivity index (χ3n) is 1.62. The van der Waals surface area contributed by atoms with Crippen LogP contribution in [0, 0.1) is 0 Å². The van der Waals surface area contributed by atoms with Crippen molar-refractivity contribution < 1.29 is 17.6 Å². The van der Waals surface area contributed by atoms with Crippen LogP contribution in [-0.4, -0.2) is 20.6 Å². The molecule has 0 unspecified atom stereocenters. The standard InChI is InChI=1S/C8H11NO4S/c1-14(11,12)8-5-3-6(13-8)2-4-7(9)10/h3,5H,2,4H2,1H3,(H2,9,10). The van der Waals surface area contributed by atoms with E-state index in [2.05, 4.69) is 0 Å². The monoisotopic (exact) mass is 217 g/mol. The van der Waals surface area contributed by atoms with E-state index in [1.54, 1.807) is 0 Å². The molecule has 0 aromatic carbocycles. The number of carbonyl (C=O) groups excluding carboxylic acids is 1. The summed E-state index contributed by atoms with van der Waals surface area (Å²) in [5.41, 5.74) is 4.93. The molecule has 1 aromatic rings. The van der Waals surface area contributed by atoms with Gasteiger partial charge in [-0.2, -0.15) is 0 Å². The Morgan fingerprint density at radius 1 is 1.50 bits per heavy atom. The van der Waals surface area contributed by atoms with Crippen LogP contribution in [0.25, 0.3) is 0 Å². The summed E-state index contributed by atoms with van der Waals surface area (Å²) in [5, 5.41) is -0.0861. The second-order valence-electron chi connectivity index (χ2n) is 2.96. The van der Waals surface area contributed by atoms with E-state index in [0.29, 0.717) is 12.2 Å². The van der Waals surface area contributed by atoms with Crippen molar-refractivity contribution in [1.29, 1.82) is 0 Å². The van der Waals surface area contributed by atoms with E-state index in [1.807, 2.05) is 0 Å². The summed E-state index contributed by atoms with van der Waals surface area (Å²) in [6.07, 6.45) is 1.53. The van der Waals surface area contributed by atoms with Gasteiger partial charge in [-0.1, -0.05) is 0 Å². The first-order chi connectivity index (χ1) is 6.39. The number of furan rings is 1. The van der Waals surface area contributed by atoms with Gasteiger partial charge in [0.2, 0.25) is 20.8 Å². The van der Waals surface area contributed by atoms with E-state index in [-0.39, 0.29) is 11.5 Å². The summed E-state index contributed by atoms with van der Waals surface area (Å²) in [4.78, 5) is 10.4. The molecule has 0 saturated carbocycles. The molecule has 0 aliphatic carbocycles. The molecule has 0 spiro atoms. The second-order valence-corrected chi connectivity index (χ2v) is 4.91. The van der Waals surface area contributed by atoms with Gasteiger partial charge in [0, 0.05) is 19.1 Å². The first-order valence-electron chi connectivity index (χ1n) is 3.96. The molecular weight excluding hydrogens is 206 g/mol. The Labute approximate surface area is 81.8 Å². The number of amides is 1. The van der Waals surface area contributed by atoms with Crippen LogP contribution >= 0.6 is 0 Å². The highest BCUT2D eigenvalue weighted by atomic mass is 32.2. The molecule has 1 amide bonds. The number of primary amides is 1. The number of hydrogen-bond acceptors (Lipinski definition) is 4. The third-order valence-corrected chi connectivity index (χ3v) is 2.57. The minimum Gasteiger partial charge on any atom is -0.450 e. The molecule has 14 heavy (non-hydrogen) atoms. The molecule has 0 saturated heterocycles. The van der Waals surface area contributed by atoms with Crippen molar-refractivity contribution in [2.45, 2.75) is 17.9 Å². The fourth-order valence-electron chi connectivity index (χ4n) is 0.938. The molecule has 78 valence electrons. The van der Waals surface area contributed by atoms with E-state index in [1.165, 1.54) is 12.1 Å². The number of aryl methyl sites for hydroxylation is 1. The SMILES string of the molecule is CS(=O)(=O)c1ccc(CCC(N)=O)o1. The van der Waals surface area contributed by atoms with Gasteiger partial charge in [-0.3, -0.25) is 4.79 Å². The highest BCUT2D eigenvalue weighted by Crippen LogP contribution is 2.14. The van der Waals surface area contributed by atoms with Gasteiger partial charge >= 0.3 is 0 Å². The van der Waals surface area contributed by atoms with Crippen LogP contribution in [0.3, 0.4) is 0 Å². The molecule has 0 bridgehead atoms. The molecule has 0 atom stereocenters. The Morgan fingerprint density at radius 2 is 2.14 bits per heavy atom. The zero-order chi connectivity index (χ0) is 10.8. The van der Waals surface area contributed by atoms with Crippen LogP contribution in [0.5, 0.6) is 0 Å². The number of sulfone groups is 1. The molecule has 1 heterocycles. The zero-order valence-corrected chi connectivity index (χ0v) is 8.50. The van der Waals surface area contributed by atoms with E-state index in [4.69, 9.17) is 10.2 Å². The Hall–Kier alpha value is -1.30. The van der Waals surface area contributed by atoms with E-state index >= 15 is 0 Å². The van der Waals surface area contributed by atoms with Crippen LogP contribution < -0.4 is 5.73 Å². The summed E-state index contributed by atoms with van der Waals surface area (Å²) < 4.78 is 27.0. The molecule has 0 fully saturated rings. The van der Waals surface area contributed by atoms with Crippen molar-refractivity contribution >= 4 is 15.7 Å². The number of rotatable bonds is 4. The normalized spacial score (nSPS) is 11.5. The Bertz CT molecular complexity index is 432. The third kappa shape index (κ3) is 2.88. The maximum Gasteiger partial charge on any atom is 0.217 e. The number of hydrogen-bond donors (Lipinski definition) is 1. The summed E-state index contributed by atoms with van der Waals surface area (Å²) in [6.45, 7) is 0. The summed E-state index contributed by atoms with van der Waals surface area (Å²) in [6, 6.07) is 2.89. The molecule has 5 nitrogen and oxygen atoms in total. The van der Waals surface area contributed by atoms with Crippen LogP contribution in [0.4, 0.5) is 0 Å². The van der Waals surface area contributed by atoms with Crippen molar-refractivity contribution in [3.63, 3.8) is 0 Å². The summed E-state index contributed by atoms with van der Waals surface area (Å²) in [7, 11) is -3.30. The zero-order valence-electron chi connectivity index (χ0n) is 7.69. The lowest BCUT2D eigenvalue weighted by molar-refractivity contribution is -0.118. The Morgan fingerprint density at radius 3 is 2.57 bits per heavy atom. The summed E-state index contributed by atoms with van der Waals surface area (Å²) >= 11 is 0. The largest absolute Gasteiger partial charge is 0.450 e. The molecule has 0 aliphatic heterocycles. The van der Waals surface area contributed by atoms with Gasteiger partial charge in [0.05, 0.1) is 0 Å². The average Bonchev–Trinajstić information content (AvgIpc) is 2.47. The lowest BCUT2D eigenvalue weighted by atomic mass is 10.2. The van der Waals surface area contributed by atoms with Crippen LogP contribution in [0.2, 0.25) is 0 Å². The second kappa shape index (κ2) is 3.83. The minimum absolute atomic E-state index is 0.0861. The van der Waals surface area contributed by atoms with Crippen molar-refractivity contribution in [2.75, 3.05) is 6.26 Å². The molecule has 2 N–H and O–H groups in total. The summed E-state index contributed by atoms with van der Waals surface area (Å²) in [5.74, 6) is 0.00605. The minimum atomic E-state index is -3.30. The van der Waals surface area contributed by atoms with Gasteiger partial charge in [-0.05, 0) is 12.1 Å². The lowest BCUT2D eigenvalue weighted by Crippen LogP contribution is -2.10. The van der Waals surface area contributed by atoms with Crippen molar-refractivity contribution in [1.82, 2.24) is 0 Å². The van der Waals surface area contributed by atoms with Crippen LogP contribution in [0.15, 0.2) is 21.6 Å². The van der Waals surface area contributed by atoms with E-state index in [9.17, 15) is 13.2 Å². The maximum atomic E-state index is 11.0. The fraction of sp³-hybridized carbons (Fsp3) is 0.375. The molecule has 1 rings (SSSR count). The van der Waals surface area contributed by atoms with Gasteiger partial charge < -0.3 is 10.2 Å². The van der Waals surface area contributed by atoms with Gasteiger partial charge in [-0.15, -0.1) is 0 Å². The Balaban J connectivity index is 2.74. The predicted molar refractivity (Wildman–Crippen MR) is 49.3 cm³/mol. The molecule has 0 radical (unpaired) electrons. The van der Waals surface area contributed by atoms with Gasteiger partial charge in [0.15, 0.2) is 0 Å². The van der Waals surface area contributed by atoms with Gasteiger partial charge in [0.25, 0.3) is 0 Å². The molecule has 0 aliphatic rings. The molecule has 6 heteroatoms. The van der Waals surface area contributed by atoms with Crippen LogP contribution in [-0.2, 0) is 21.1 Å². The van der Waals surface area contributed by atoms with Gasteiger partial charge in [-0.25, -0.2) is 8.42 Å². The predicted octanol–water partition coefficient (Wildman–Crippen LogP) is 0.101. The van der Waals surface area contributed by atoms with Crippen LogP contribution in [0.1, 0.15) is 12.2 Å². The maximum absolute atomic E-state index is 11.0. The fourth-order valence-corrected chi connectivity index (χ4v) is 1.51. The highest BCUT2D eigenvalue weighted by molar-refractivity contribution is 7.90. The first kappa shape index (κ1) is 10.8. The lowest BCUT2D eigenvalue weighted by Gasteiger charge is -1.93. The van der Waals surface area contributed by atoms with Crippen molar-refractivity contribution in [2.24, 2.45) is 5.73 Å². The smallest absolute Gasteiger partial charge is 0.217 e. The Kier molecular flexibility index (Phi) is 2.95. The first-order valence-corrected chi connectivity index (χ1v) is 5.86. The molecule has 1 aromatic heterocycles. The average molecular weight is 217 g/mol. The topological polar surface area (TPSA) is 90.4 Å². The quantitative estimate of drug-likeness (QED) is 0.774. The highest BCUT2D eigenvalue weighted by Gasteiger charge is 2.12. The number of nitrogens with two attached hydrogens (primary N) is 1. The van der Waals surface area contributed by atoms with E-state index < -0.39 is 15.7 Å². The van der Waals surface area contributed by atoms with Crippen molar-refractivity contribution in [3.8, 4) is 0 Å². The van der Waals surface area contributed by atoms with E-state index in [0.717, 1.165) is 6.26 Å². The van der Waals surface area contributed by atoms with Crippen molar-refractivity contribution in [3.05, 3.63) is 17.9 Å². The number of carbonyl (C=O) groups is 1. The van der Waals surface area contributed by atoms with Gasteiger partial charge in [0.1, 0.15) is 5.76 Å².